The van der Waals surface area contributed by atoms with Crippen LogP contribution in [0.15, 0.2) is 28.7 Å². The van der Waals surface area contributed by atoms with E-state index >= 15 is 0 Å². The van der Waals surface area contributed by atoms with Crippen molar-refractivity contribution in [1.29, 1.82) is 0 Å². The van der Waals surface area contributed by atoms with E-state index in [2.05, 4.69) is 26.8 Å². The summed E-state index contributed by atoms with van der Waals surface area (Å²) in [4.78, 5) is 37.5. The van der Waals surface area contributed by atoms with Gasteiger partial charge in [-0.25, -0.2) is 0 Å². The van der Waals surface area contributed by atoms with Crippen LogP contribution in [0, 0.1) is 0 Å². The van der Waals surface area contributed by atoms with Crippen molar-refractivity contribution in [2.45, 2.75) is 30.7 Å². The largest absolute Gasteiger partial charge is 0.484 e. The van der Waals surface area contributed by atoms with Crippen molar-refractivity contribution >= 4 is 45.4 Å². The lowest BCUT2D eigenvalue weighted by atomic mass is 10.2. The van der Waals surface area contributed by atoms with Crippen LogP contribution in [0.3, 0.4) is 0 Å². The summed E-state index contributed by atoms with van der Waals surface area (Å²) in [6, 6.07) is 6.50. The third kappa shape index (κ3) is 3.92. The number of hydrazine groups is 1. The Labute approximate surface area is 157 Å². The standard InChI is InChI=1S/C16H18BrN3O4S/c1-16-7-6-14(22)20(16)12(9-25-16)15(23)19-18-13(21)8-24-11-4-2-10(17)3-5-11/h2-5,12H,6-9H2,1H3,(H,18,21)(H,19,23)/t12-,16+/m0/s1. The fraction of sp³-hybridized carbons (Fsp3) is 0.438. The van der Waals surface area contributed by atoms with Crippen LogP contribution in [0.4, 0.5) is 0 Å². The predicted molar refractivity (Wildman–Crippen MR) is 96.7 cm³/mol. The molecule has 7 nitrogen and oxygen atoms in total. The van der Waals surface area contributed by atoms with E-state index in [1.54, 1.807) is 40.9 Å². The molecule has 25 heavy (non-hydrogen) atoms. The van der Waals surface area contributed by atoms with Crippen LogP contribution in [0.5, 0.6) is 5.75 Å². The lowest BCUT2D eigenvalue weighted by Crippen LogP contribution is -2.54. The summed E-state index contributed by atoms with van der Waals surface area (Å²) in [5.41, 5.74) is 4.72. The van der Waals surface area contributed by atoms with Gasteiger partial charge in [-0.3, -0.25) is 25.2 Å². The van der Waals surface area contributed by atoms with Crippen LogP contribution in [0.25, 0.3) is 0 Å². The van der Waals surface area contributed by atoms with Crippen LogP contribution >= 0.6 is 27.7 Å². The molecule has 134 valence electrons. The summed E-state index contributed by atoms with van der Waals surface area (Å²) in [7, 11) is 0. The van der Waals surface area contributed by atoms with Crippen molar-refractivity contribution in [3.8, 4) is 5.75 Å². The number of rotatable bonds is 4. The van der Waals surface area contributed by atoms with Gasteiger partial charge in [0.25, 0.3) is 11.8 Å². The third-order valence-electron chi connectivity index (χ3n) is 4.26. The lowest BCUT2D eigenvalue weighted by molar-refractivity contribution is -0.139. The number of nitrogens with zero attached hydrogens (tertiary/aromatic N) is 1. The molecule has 9 heteroatoms. The highest BCUT2D eigenvalue weighted by molar-refractivity contribution is 9.10. The zero-order chi connectivity index (χ0) is 18.0. The number of hydrogen-bond acceptors (Lipinski definition) is 5. The van der Waals surface area contributed by atoms with Gasteiger partial charge >= 0.3 is 0 Å². The second kappa shape index (κ2) is 7.25. The quantitative estimate of drug-likeness (QED) is 0.709. The second-order valence-electron chi connectivity index (χ2n) is 6.05. The van der Waals surface area contributed by atoms with Gasteiger partial charge in [-0.2, -0.15) is 0 Å². The Morgan fingerprint density at radius 1 is 1.36 bits per heavy atom. The molecule has 3 rings (SSSR count). The van der Waals surface area contributed by atoms with Crippen LogP contribution in [-0.4, -0.2) is 45.9 Å². The number of hydrogen-bond donors (Lipinski definition) is 2. The Morgan fingerprint density at radius 2 is 2.08 bits per heavy atom. The maximum Gasteiger partial charge on any atom is 0.276 e. The molecule has 0 bridgehead atoms. The Morgan fingerprint density at radius 3 is 2.80 bits per heavy atom. The molecule has 0 aromatic heterocycles. The van der Waals surface area contributed by atoms with Gasteiger partial charge in [0.1, 0.15) is 11.8 Å². The van der Waals surface area contributed by atoms with E-state index in [0.717, 1.165) is 10.9 Å². The minimum absolute atomic E-state index is 0.0162. The molecule has 2 heterocycles. The number of carbonyl (C=O) groups excluding carboxylic acids is 3. The molecular weight excluding hydrogens is 410 g/mol. The maximum absolute atomic E-state index is 12.3. The Balaban J connectivity index is 1.46. The zero-order valence-electron chi connectivity index (χ0n) is 13.6. The topological polar surface area (TPSA) is 87.7 Å². The SMILES string of the molecule is C[C@@]12CCC(=O)N1[C@H](C(=O)NNC(=O)COc1ccc(Br)cc1)CS2. The first-order chi connectivity index (χ1) is 11.9. The molecule has 2 aliphatic rings. The number of ether oxygens (including phenoxy) is 1. The Kier molecular flexibility index (Phi) is 5.24. The number of carbonyl (C=O) groups is 3. The molecule has 2 aliphatic heterocycles. The molecule has 2 N–H and O–H groups in total. The van der Waals surface area contributed by atoms with Crippen molar-refractivity contribution in [2.75, 3.05) is 12.4 Å². The van der Waals surface area contributed by atoms with E-state index in [0.29, 0.717) is 17.9 Å². The van der Waals surface area contributed by atoms with Crippen molar-refractivity contribution < 1.29 is 19.1 Å². The minimum atomic E-state index is -0.558. The van der Waals surface area contributed by atoms with Crippen LogP contribution in [-0.2, 0) is 14.4 Å². The predicted octanol–water partition coefficient (Wildman–Crippen LogP) is 1.43. The van der Waals surface area contributed by atoms with Gasteiger partial charge in [-0.15, -0.1) is 11.8 Å². The fourth-order valence-electron chi connectivity index (χ4n) is 2.95. The van der Waals surface area contributed by atoms with E-state index in [-0.39, 0.29) is 23.3 Å². The smallest absolute Gasteiger partial charge is 0.276 e. The van der Waals surface area contributed by atoms with E-state index in [4.69, 9.17) is 4.74 Å². The summed E-state index contributed by atoms with van der Waals surface area (Å²) in [5, 5.41) is 0. The summed E-state index contributed by atoms with van der Waals surface area (Å²) >= 11 is 4.92. The van der Waals surface area contributed by atoms with Gasteiger partial charge < -0.3 is 9.64 Å². The molecule has 0 unspecified atom stereocenters. The Bertz CT molecular complexity index is 699. The van der Waals surface area contributed by atoms with Crippen molar-refractivity contribution in [2.24, 2.45) is 0 Å². The summed E-state index contributed by atoms with van der Waals surface area (Å²) in [6.07, 6.45) is 1.20. The van der Waals surface area contributed by atoms with Gasteiger partial charge in [0.2, 0.25) is 5.91 Å². The first-order valence-electron chi connectivity index (χ1n) is 7.82. The molecule has 3 amide bonds. The van der Waals surface area contributed by atoms with Crippen molar-refractivity contribution in [1.82, 2.24) is 15.8 Å². The fourth-order valence-corrected chi connectivity index (χ4v) is 4.64. The van der Waals surface area contributed by atoms with Crippen LogP contribution in [0.2, 0.25) is 0 Å². The molecule has 0 radical (unpaired) electrons. The van der Waals surface area contributed by atoms with E-state index in [1.165, 1.54) is 0 Å². The number of fused-ring (bicyclic) bond motifs is 1. The van der Waals surface area contributed by atoms with Crippen molar-refractivity contribution in [3.05, 3.63) is 28.7 Å². The van der Waals surface area contributed by atoms with Gasteiger partial charge in [-0.05, 0) is 37.6 Å². The molecule has 1 aromatic rings. The van der Waals surface area contributed by atoms with Gasteiger partial charge in [0.15, 0.2) is 6.61 Å². The molecular formula is C16H18BrN3O4S. The first kappa shape index (κ1) is 18.1. The maximum atomic E-state index is 12.3. The van der Waals surface area contributed by atoms with Gasteiger partial charge in [0.05, 0.1) is 4.87 Å². The molecule has 1 aromatic carbocycles. The Hall–Kier alpha value is -1.74. The molecule has 0 spiro atoms. The average Bonchev–Trinajstić information content (AvgIpc) is 3.08. The normalized spacial score (nSPS) is 24.8. The van der Waals surface area contributed by atoms with Crippen molar-refractivity contribution in [3.63, 3.8) is 0 Å². The highest BCUT2D eigenvalue weighted by Crippen LogP contribution is 2.47. The van der Waals surface area contributed by atoms with Gasteiger partial charge in [-0.1, -0.05) is 15.9 Å². The molecule has 2 saturated heterocycles. The lowest BCUT2D eigenvalue weighted by Gasteiger charge is -2.29. The monoisotopic (exact) mass is 427 g/mol. The minimum Gasteiger partial charge on any atom is -0.484 e. The van der Waals surface area contributed by atoms with E-state index < -0.39 is 11.9 Å². The van der Waals surface area contributed by atoms with Gasteiger partial charge in [0, 0.05) is 16.6 Å². The third-order valence-corrected chi connectivity index (χ3v) is 6.29. The number of benzene rings is 1. The van der Waals surface area contributed by atoms with E-state index in [9.17, 15) is 14.4 Å². The molecule has 2 atom stereocenters. The zero-order valence-corrected chi connectivity index (χ0v) is 16.0. The van der Waals surface area contributed by atoms with Crippen LogP contribution in [0.1, 0.15) is 19.8 Å². The average molecular weight is 428 g/mol. The number of halogens is 1. The molecule has 0 aliphatic carbocycles. The summed E-state index contributed by atoms with van der Waals surface area (Å²) in [6.45, 7) is 1.75. The molecule has 2 fully saturated rings. The summed E-state index contributed by atoms with van der Waals surface area (Å²) in [5.74, 6) is 0.202. The summed E-state index contributed by atoms with van der Waals surface area (Å²) < 4.78 is 6.24. The number of nitrogens with one attached hydrogen (secondary N) is 2. The molecule has 0 saturated carbocycles. The highest BCUT2D eigenvalue weighted by Gasteiger charge is 2.52. The van der Waals surface area contributed by atoms with E-state index in [1.807, 2.05) is 6.92 Å². The number of thioether (sulfide) groups is 1. The van der Waals surface area contributed by atoms with Crippen LogP contribution < -0.4 is 15.6 Å². The first-order valence-corrected chi connectivity index (χ1v) is 9.60. The number of amides is 3. The highest BCUT2D eigenvalue weighted by atomic mass is 79.9. The second-order valence-corrected chi connectivity index (χ2v) is 8.46.